The second-order valence-corrected chi connectivity index (χ2v) is 3.51. The van der Waals surface area contributed by atoms with Gasteiger partial charge in [-0.1, -0.05) is 0 Å². The fourth-order valence-corrected chi connectivity index (χ4v) is 1.38. The zero-order chi connectivity index (χ0) is 12.3. The molecule has 2 aromatic heterocycles. The zero-order valence-corrected chi connectivity index (χ0v) is 9.18. The average Bonchev–Trinajstić information content (AvgIpc) is 2.85. The molecule has 86 valence electrons. The van der Waals surface area contributed by atoms with Gasteiger partial charge >= 0.3 is 0 Å². The van der Waals surface area contributed by atoms with E-state index < -0.39 is 0 Å². The molecular weight excluding hydrogens is 218 g/mol. The molecule has 0 radical (unpaired) electrons. The molecule has 0 aliphatic heterocycles. The van der Waals surface area contributed by atoms with Gasteiger partial charge in [0.25, 0.3) is 0 Å². The van der Waals surface area contributed by atoms with Crippen molar-refractivity contribution in [2.45, 2.75) is 13.0 Å². The maximum atomic E-state index is 8.96. The van der Waals surface area contributed by atoms with Crippen LogP contribution in [0.5, 0.6) is 0 Å². The van der Waals surface area contributed by atoms with Crippen LogP contribution in [-0.2, 0) is 0 Å². The van der Waals surface area contributed by atoms with Crippen molar-refractivity contribution in [1.82, 2.24) is 20.2 Å². The van der Waals surface area contributed by atoms with E-state index >= 15 is 0 Å². The predicted octanol–water partition coefficient (Wildman–Crippen LogP) is 0.827. The van der Waals surface area contributed by atoms with Gasteiger partial charge in [0.2, 0.25) is 0 Å². The lowest BCUT2D eigenvalue weighted by Crippen LogP contribution is -2.11. The highest BCUT2D eigenvalue weighted by molar-refractivity contribution is 5.57. The number of H-pyrrole nitrogens is 1. The Bertz CT molecular complexity index is 540. The van der Waals surface area contributed by atoms with Crippen molar-refractivity contribution in [3.8, 4) is 6.07 Å². The molecule has 2 rings (SSSR count). The van der Waals surface area contributed by atoms with Gasteiger partial charge in [0.1, 0.15) is 24.0 Å². The predicted molar refractivity (Wildman–Crippen MR) is 61.8 cm³/mol. The van der Waals surface area contributed by atoms with Crippen LogP contribution in [0, 0.1) is 11.3 Å². The Labute approximate surface area is 97.7 Å². The van der Waals surface area contributed by atoms with E-state index in [4.69, 9.17) is 11.0 Å². The molecule has 2 heterocycles. The summed E-state index contributed by atoms with van der Waals surface area (Å²) in [6.07, 6.45) is 2.92. The van der Waals surface area contributed by atoms with Crippen molar-refractivity contribution in [2.75, 3.05) is 11.1 Å². The Morgan fingerprint density at radius 1 is 1.53 bits per heavy atom. The molecular formula is C10H11N7. The van der Waals surface area contributed by atoms with E-state index in [2.05, 4.69) is 25.5 Å². The Balaban J connectivity index is 2.22. The van der Waals surface area contributed by atoms with Gasteiger partial charge < -0.3 is 11.1 Å². The number of nitrogens with two attached hydrogens (primary N) is 1. The third-order valence-corrected chi connectivity index (χ3v) is 2.23. The number of nitrogen functional groups attached to an aromatic ring is 1. The maximum absolute atomic E-state index is 8.96. The molecule has 7 heteroatoms. The number of pyridine rings is 1. The van der Waals surface area contributed by atoms with Crippen molar-refractivity contribution < 1.29 is 0 Å². The number of nitrogens with zero attached hydrogens (tertiary/aromatic N) is 4. The van der Waals surface area contributed by atoms with Crippen molar-refractivity contribution >= 4 is 11.5 Å². The van der Waals surface area contributed by atoms with Gasteiger partial charge in [0.05, 0.1) is 23.5 Å². The summed E-state index contributed by atoms with van der Waals surface area (Å²) in [5, 5.41) is 18.5. The van der Waals surface area contributed by atoms with Gasteiger partial charge in [-0.2, -0.15) is 10.4 Å². The molecule has 0 aliphatic rings. The minimum absolute atomic E-state index is 0.124. The first-order valence-corrected chi connectivity index (χ1v) is 4.98. The first kappa shape index (κ1) is 10.9. The highest BCUT2D eigenvalue weighted by Gasteiger charge is 2.11. The topological polar surface area (TPSA) is 116 Å². The number of nitrogens with one attached hydrogen (secondary N) is 2. The third-order valence-electron chi connectivity index (χ3n) is 2.23. The smallest absolute Gasteiger partial charge is 0.146 e. The quantitative estimate of drug-likeness (QED) is 0.717. The SMILES string of the molecule is CC(Nc1ncc(N)cc1C#N)c1ncn[nH]1. The van der Waals surface area contributed by atoms with Gasteiger partial charge in [0, 0.05) is 0 Å². The van der Waals surface area contributed by atoms with E-state index in [1.165, 1.54) is 12.5 Å². The second kappa shape index (κ2) is 4.49. The first-order chi connectivity index (χ1) is 8.20. The summed E-state index contributed by atoms with van der Waals surface area (Å²) in [4.78, 5) is 8.10. The molecule has 1 unspecified atom stereocenters. The van der Waals surface area contributed by atoms with Crippen LogP contribution in [0.1, 0.15) is 24.4 Å². The highest BCUT2D eigenvalue weighted by atomic mass is 15.2. The van der Waals surface area contributed by atoms with Crippen molar-refractivity contribution in [3.05, 3.63) is 30.0 Å². The Hall–Kier alpha value is -2.62. The summed E-state index contributed by atoms with van der Waals surface area (Å²) in [5.74, 6) is 1.15. The van der Waals surface area contributed by atoms with Crippen LogP contribution < -0.4 is 11.1 Å². The number of rotatable bonds is 3. The van der Waals surface area contributed by atoms with E-state index in [1.807, 2.05) is 13.0 Å². The van der Waals surface area contributed by atoms with Crippen LogP contribution in [0.25, 0.3) is 0 Å². The molecule has 0 spiro atoms. The van der Waals surface area contributed by atoms with Crippen LogP contribution in [0.4, 0.5) is 11.5 Å². The summed E-state index contributed by atoms with van der Waals surface area (Å²) in [6.45, 7) is 1.89. The number of aromatic nitrogens is 4. The largest absolute Gasteiger partial charge is 0.397 e. The third kappa shape index (κ3) is 2.31. The normalized spacial score (nSPS) is 11.8. The fraction of sp³-hybridized carbons (Fsp3) is 0.200. The molecule has 17 heavy (non-hydrogen) atoms. The number of nitriles is 1. The summed E-state index contributed by atoms with van der Waals surface area (Å²) in [5.41, 5.74) is 6.42. The molecule has 7 nitrogen and oxygen atoms in total. The second-order valence-electron chi connectivity index (χ2n) is 3.51. The number of anilines is 2. The molecule has 0 aromatic carbocycles. The van der Waals surface area contributed by atoms with E-state index in [0.717, 1.165) is 0 Å². The molecule has 4 N–H and O–H groups in total. The first-order valence-electron chi connectivity index (χ1n) is 4.98. The van der Waals surface area contributed by atoms with Crippen LogP contribution >= 0.6 is 0 Å². The van der Waals surface area contributed by atoms with Gasteiger partial charge in [0.15, 0.2) is 0 Å². The fourth-order valence-electron chi connectivity index (χ4n) is 1.38. The number of hydrogen-bond acceptors (Lipinski definition) is 6. The molecule has 0 aliphatic carbocycles. The molecule has 0 saturated carbocycles. The maximum Gasteiger partial charge on any atom is 0.146 e. The summed E-state index contributed by atoms with van der Waals surface area (Å²) in [6, 6.07) is 3.48. The molecule has 0 fully saturated rings. The molecule has 0 saturated heterocycles. The van der Waals surface area contributed by atoms with Crippen LogP contribution in [0.2, 0.25) is 0 Å². The van der Waals surface area contributed by atoms with E-state index in [0.29, 0.717) is 22.9 Å². The highest BCUT2D eigenvalue weighted by Crippen LogP contribution is 2.19. The number of hydrogen-bond donors (Lipinski definition) is 3. The van der Waals surface area contributed by atoms with Gasteiger partial charge in [-0.15, -0.1) is 0 Å². The molecule has 1 atom stereocenters. The van der Waals surface area contributed by atoms with E-state index in [1.54, 1.807) is 6.07 Å². The molecule has 2 aromatic rings. The lowest BCUT2D eigenvalue weighted by molar-refractivity contribution is 0.790. The Morgan fingerprint density at radius 3 is 3.00 bits per heavy atom. The average molecular weight is 229 g/mol. The monoisotopic (exact) mass is 229 g/mol. The summed E-state index contributed by atoms with van der Waals surface area (Å²) < 4.78 is 0. The van der Waals surface area contributed by atoms with Crippen LogP contribution in [0.3, 0.4) is 0 Å². The molecule has 0 bridgehead atoms. The summed E-state index contributed by atoms with van der Waals surface area (Å²) >= 11 is 0. The summed E-state index contributed by atoms with van der Waals surface area (Å²) in [7, 11) is 0. The zero-order valence-electron chi connectivity index (χ0n) is 9.18. The minimum Gasteiger partial charge on any atom is -0.397 e. The lowest BCUT2D eigenvalue weighted by atomic mass is 10.2. The van der Waals surface area contributed by atoms with Crippen LogP contribution in [-0.4, -0.2) is 20.2 Å². The van der Waals surface area contributed by atoms with Gasteiger partial charge in [-0.05, 0) is 13.0 Å². The minimum atomic E-state index is -0.124. The van der Waals surface area contributed by atoms with Crippen molar-refractivity contribution in [3.63, 3.8) is 0 Å². The van der Waals surface area contributed by atoms with Crippen molar-refractivity contribution in [2.24, 2.45) is 0 Å². The Kier molecular flexibility index (Phi) is 2.87. The van der Waals surface area contributed by atoms with Gasteiger partial charge in [-0.3, -0.25) is 5.10 Å². The standard InChI is InChI=1S/C10H11N7/c1-6(9-14-5-15-17-9)16-10-7(3-11)2-8(12)4-13-10/h2,4-6H,12H2,1H3,(H,13,16)(H,14,15,17). The Morgan fingerprint density at radius 2 is 2.35 bits per heavy atom. The van der Waals surface area contributed by atoms with Gasteiger partial charge in [-0.25, -0.2) is 9.97 Å². The lowest BCUT2D eigenvalue weighted by Gasteiger charge is -2.12. The number of aromatic amines is 1. The van der Waals surface area contributed by atoms with E-state index in [-0.39, 0.29) is 6.04 Å². The molecule has 0 amide bonds. The van der Waals surface area contributed by atoms with Crippen LogP contribution in [0.15, 0.2) is 18.6 Å². The van der Waals surface area contributed by atoms with E-state index in [9.17, 15) is 0 Å². The van der Waals surface area contributed by atoms with Crippen molar-refractivity contribution in [1.29, 1.82) is 5.26 Å².